The smallest absolute Gasteiger partial charge is 0.335 e. The van der Waals surface area contributed by atoms with Gasteiger partial charge in [0.1, 0.15) is 5.75 Å². The van der Waals surface area contributed by atoms with Crippen LogP contribution in [0.1, 0.15) is 64.3 Å². The van der Waals surface area contributed by atoms with Crippen LogP contribution in [0.15, 0.2) is 42.6 Å². The molecule has 1 aromatic heterocycles. The van der Waals surface area contributed by atoms with Crippen molar-refractivity contribution in [3.8, 4) is 5.75 Å². The van der Waals surface area contributed by atoms with Crippen LogP contribution in [0.25, 0.3) is 10.9 Å². The number of piperidine rings is 1. The molecule has 5 nitrogen and oxygen atoms in total. The van der Waals surface area contributed by atoms with Crippen LogP contribution >= 0.6 is 11.8 Å². The Balaban J connectivity index is 1.46. The molecule has 1 aliphatic heterocycles. The number of aromatic carboxylic acids is 1. The molecule has 5 rings (SSSR count). The van der Waals surface area contributed by atoms with Crippen molar-refractivity contribution in [1.29, 1.82) is 0 Å². The number of aryl methyl sites for hydroxylation is 1. The molecule has 1 saturated heterocycles. The fraction of sp³-hybridized carbons (Fsp3) is 0.444. The van der Waals surface area contributed by atoms with E-state index in [1.54, 1.807) is 19.2 Å². The van der Waals surface area contributed by atoms with E-state index < -0.39 is 17.4 Å². The lowest BCUT2D eigenvalue weighted by Crippen LogP contribution is -2.49. The monoisotopic (exact) mass is 468 g/mol. The van der Waals surface area contributed by atoms with E-state index in [1.165, 1.54) is 0 Å². The first-order chi connectivity index (χ1) is 17.4. The molecule has 2 aromatic carbocycles. The first-order valence-electron chi connectivity index (χ1n) is 13.3. The van der Waals surface area contributed by atoms with Crippen LogP contribution in [0.5, 0.6) is 5.75 Å². The summed E-state index contributed by atoms with van der Waals surface area (Å²) in [6.07, 6.45) is 2.56. The van der Waals surface area contributed by atoms with Gasteiger partial charge in [0, 0.05) is 46.0 Å². The van der Waals surface area contributed by atoms with Crippen LogP contribution in [0.2, 0.25) is 0 Å². The molecule has 1 saturated carbocycles. The van der Waals surface area contributed by atoms with Gasteiger partial charge in [-0.25, -0.2) is 4.79 Å². The lowest BCUT2D eigenvalue weighted by Gasteiger charge is -2.55. The molecule has 2 aliphatic rings. The van der Waals surface area contributed by atoms with E-state index in [-0.39, 0.29) is 17.0 Å². The van der Waals surface area contributed by atoms with Crippen molar-refractivity contribution in [1.82, 2.24) is 9.88 Å². The zero-order chi connectivity index (χ0) is 26.6. The molecule has 0 unspecified atom stereocenters. The maximum absolute atomic E-state index is 11.4. The number of likely N-dealkylation sites (tertiary alicyclic amines) is 1. The molecule has 174 valence electrons. The summed E-state index contributed by atoms with van der Waals surface area (Å²) in [6.45, 7) is 3.52. The normalized spacial score (nSPS) is 29.7. The minimum atomic E-state index is -2.18. The number of methoxy groups -OCH3 is 1. The van der Waals surface area contributed by atoms with Gasteiger partial charge in [0.05, 0.1) is 12.7 Å². The van der Waals surface area contributed by atoms with Gasteiger partial charge >= 0.3 is 5.97 Å². The van der Waals surface area contributed by atoms with Crippen LogP contribution in [0.4, 0.5) is 0 Å². The Labute approximate surface area is 205 Å². The summed E-state index contributed by atoms with van der Waals surface area (Å²) in [6, 6.07) is 11.2. The summed E-state index contributed by atoms with van der Waals surface area (Å²) in [4.78, 5) is 17.2. The molecule has 0 bridgehead atoms. The molecule has 2 N–H and O–H groups in total. The second-order valence-electron chi connectivity index (χ2n) is 9.50. The zero-order valence-corrected chi connectivity index (χ0v) is 19.8. The van der Waals surface area contributed by atoms with E-state index in [0.29, 0.717) is 19.4 Å². The second kappa shape index (κ2) is 8.73. The number of nitrogens with one attached hydrogen (secondary N) is 1. The summed E-state index contributed by atoms with van der Waals surface area (Å²) in [7, 11) is 1.69. The lowest BCUT2D eigenvalue weighted by molar-refractivity contribution is -0.00567. The van der Waals surface area contributed by atoms with Gasteiger partial charge < -0.3 is 14.8 Å². The SMILES string of the molecule is [2H]C([2H])([2H])SC1([2H])CC2(CCN(Cc3c(OC)cc(C)c4[nH]ccc34)[C@H](c3ccc(C(=O)O)cc3)C2)C1. The lowest BCUT2D eigenvalue weighted by atomic mass is 9.60. The number of rotatable bonds is 6. The number of aromatic amines is 1. The van der Waals surface area contributed by atoms with E-state index in [2.05, 4.69) is 28.9 Å². The van der Waals surface area contributed by atoms with Gasteiger partial charge in [0.15, 0.2) is 0 Å². The minimum absolute atomic E-state index is 0.0129. The van der Waals surface area contributed by atoms with Gasteiger partial charge in [0.2, 0.25) is 0 Å². The van der Waals surface area contributed by atoms with Crippen molar-refractivity contribution in [2.75, 3.05) is 19.8 Å². The predicted octanol–water partition coefficient (Wildman–Crippen LogP) is 6.03. The number of carboxylic acid groups (broad SMARTS) is 1. The molecular formula is C27H32N2O3S. The molecule has 0 radical (unpaired) electrons. The number of H-pyrrole nitrogens is 1. The van der Waals surface area contributed by atoms with E-state index >= 15 is 0 Å². The summed E-state index contributed by atoms with van der Waals surface area (Å²) in [5.74, 6) is -0.116. The van der Waals surface area contributed by atoms with Crippen LogP contribution in [0, 0.1) is 12.3 Å². The highest BCUT2D eigenvalue weighted by Crippen LogP contribution is 2.57. The molecule has 3 aromatic rings. The third-order valence-corrected chi connectivity index (χ3v) is 8.10. The van der Waals surface area contributed by atoms with Crippen molar-refractivity contribution in [3.63, 3.8) is 0 Å². The maximum Gasteiger partial charge on any atom is 0.335 e. The van der Waals surface area contributed by atoms with Crippen molar-refractivity contribution in [2.45, 2.75) is 50.4 Å². The molecule has 1 aliphatic carbocycles. The van der Waals surface area contributed by atoms with Gasteiger partial charge in [-0.3, -0.25) is 4.90 Å². The van der Waals surface area contributed by atoms with Crippen molar-refractivity contribution >= 4 is 28.6 Å². The van der Waals surface area contributed by atoms with Crippen molar-refractivity contribution in [3.05, 3.63) is 64.8 Å². The highest BCUT2D eigenvalue weighted by Gasteiger charge is 2.48. The van der Waals surface area contributed by atoms with Gasteiger partial charge in [-0.2, -0.15) is 11.8 Å². The standard InChI is InChI=1S/C27H32N2O3S/c1-17-12-24(32-2)22(21-8-10-28-25(17)21)16-29-11-9-27(13-20(14-27)33-3)15-23(29)18-4-6-19(7-5-18)26(30)31/h4-8,10,12,20,23,28H,9,11,13-16H2,1-3H3,(H,30,31)/t20?,23-,27?/m0/s1/i3D3,20D. The topological polar surface area (TPSA) is 65.6 Å². The Morgan fingerprint density at radius 3 is 2.82 bits per heavy atom. The van der Waals surface area contributed by atoms with E-state index in [4.69, 9.17) is 10.2 Å². The Hall–Kier alpha value is -2.44. The second-order valence-corrected chi connectivity index (χ2v) is 10.3. The number of ether oxygens (including phenoxy) is 1. The average Bonchev–Trinajstić information content (AvgIpc) is 3.30. The Kier molecular flexibility index (Phi) is 4.75. The molecular weight excluding hydrogens is 432 g/mol. The zero-order valence-electron chi connectivity index (χ0n) is 23.0. The van der Waals surface area contributed by atoms with Gasteiger partial charge in [-0.05, 0) is 86.1 Å². The molecule has 2 heterocycles. The van der Waals surface area contributed by atoms with Crippen LogP contribution < -0.4 is 4.74 Å². The summed E-state index contributed by atoms with van der Waals surface area (Å²) < 4.78 is 37.4. The maximum atomic E-state index is 11.4. The summed E-state index contributed by atoms with van der Waals surface area (Å²) >= 11 is 0.796. The Morgan fingerprint density at radius 2 is 2.12 bits per heavy atom. The minimum Gasteiger partial charge on any atom is -0.496 e. The molecule has 2 fully saturated rings. The molecule has 33 heavy (non-hydrogen) atoms. The van der Waals surface area contributed by atoms with Crippen LogP contribution in [0.3, 0.4) is 0 Å². The number of nitrogens with zero attached hydrogens (tertiary/aromatic N) is 1. The fourth-order valence-electron chi connectivity index (χ4n) is 5.71. The Morgan fingerprint density at radius 1 is 1.33 bits per heavy atom. The number of hydrogen-bond acceptors (Lipinski definition) is 4. The first kappa shape index (κ1) is 18.0. The third kappa shape index (κ3) is 4.04. The highest BCUT2D eigenvalue weighted by atomic mass is 32.2. The highest BCUT2D eigenvalue weighted by molar-refractivity contribution is 7.99. The third-order valence-electron chi connectivity index (χ3n) is 7.52. The molecule has 1 atom stereocenters. The number of hydrogen-bond donors (Lipinski definition) is 2. The Bertz CT molecular complexity index is 1320. The average molecular weight is 469 g/mol. The number of carboxylic acids is 1. The fourth-order valence-corrected chi connectivity index (χ4v) is 6.46. The van der Waals surface area contributed by atoms with E-state index in [1.807, 2.05) is 18.3 Å². The summed E-state index contributed by atoms with van der Waals surface area (Å²) in [5, 5.41) is 9.52. The molecule has 1 spiro atoms. The van der Waals surface area contributed by atoms with Gasteiger partial charge in [-0.15, -0.1) is 0 Å². The number of carbonyl (C=O) groups is 1. The van der Waals surface area contributed by atoms with Crippen LogP contribution in [-0.2, 0) is 6.54 Å². The molecule has 0 amide bonds. The van der Waals surface area contributed by atoms with Gasteiger partial charge in [0.25, 0.3) is 0 Å². The van der Waals surface area contributed by atoms with Crippen molar-refractivity contribution < 1.29 is 20.1 Å². The largest absolute Gasteiger partial charge is 0.496 e. The van der Waals surface area contributed by atoms with E-state index in [9.17, 15) is 9.90 Å². The van der Waals surface area contributed by atoms with Gasteiger partial charge in [-0.1, -0.05) is 12.1 Å². The molecule has 6 heteroatoms. The van der Waals surface area contributed by atoms with Crippen molar-refractivity contribution in [2.24, 2.45) is 5.41 Å². The number of aromatic nitrogens is 1. The van der Waals surface area contributed by atoms with E-state index in [0.717, 1.165) is 64.5 Å². The first-order valence-corrected chi connectivity index (χ1v) is 12.1. The predicted molar refractivity (Wildman–Crippen MR) is 134 cm³/mol. The number of fused-ring (bicyclic) bond motifs is 1. The quantitative estimate of drug-likeness (QED) is 0.462. The van der Waals surface area contributed by atoms with Crippen LogP contribution in [-0.4, -0.2) is 46.0 Å². The number of thioether (sulfide) groups is 1. The summed E-state index contributed by atoms with van der Waals surface area (Å²) in [5.41, 5.74) is 4.50. The number of benzene rings is 2.